The average molecular weight is 375 g/mol. The fraction of sp³-hybridized carbons (Fsp3) is 0.136. The molecule has 6 nitrogen and oxygen atoms in total. The molecule has 0 unspecified atom stereocenters. The number of rotatable bonds is 6. The molecule has 142 valence electrons. The van der Waals surface area contributed by atoms with Crippen LogP contribution in [0.15, 0.2) is 66.9 Å². The van der Waals surface area contributed by atoms with E-state index in [0.717, 1.165) is 11.3 Å². The molecular weight excluding hydrogens is 354 g/mol. The van der Waals surface area contributed by atoms with Crippen LogP contribution in [0.25, 0.3) is 0 Å². The van der Waals surface area contributed by atoms with Crippen LogP contribution in [-0.2, 0) is 4.74 Å². The number of pyridine rings is 1. The minimum absolute atomic E-state index is 0.265. The van der Waals surface area contributed by atoms with E-state index < -0.39 is 0 Å². The predicted octanol–water partition coefficient (Wildman–Crippen LogP) is 4.56. The van der Waals surface area contributed by atoms with Gasteiger partial charge in [-0.05, 0) is 67.9 Å². The summed E-state index contributed by atoms with van der Waals surface area (Å²) in [5, 5.41) is 6.00. The summed E-state index contributed by atoms with van der Waals surface area (Å²) in [6.07, 6.45) is 1.58. The topological polar surface area (TPSA) is 80.3 Å². The van der Waals surface area contributed by atoms with Gasteiger partial charge < -0.3 is 15.4 Å². The molecule has 0 atom stereocenters. The minimum Gasteiger partial charge on any atom is -0.462 e. The van der Waals surface area contributed by atoms with Crippen LogP contribution in [0.3, 0.4) is 0 Å². The number of hydrogen-bond donors (Lipinski definition) is 2. The van der Waals surface area contributed by atoms with E-state index in [2.05, 4.69) is 15.6 Å². The number of nitrogens with one attached hydrogen (secondary N) is 2. The summed E-state index contributed by atoms with van der Waals surface area (Å²) in [6, 6.07) is 17.8. The molecule has 0 bridgehead atoms. The second-order valence-corrected chi connectivity index (χ2v) is 6.18. The van der Waals surface area contributed by atoms with E-state index in [1.807, 2.05) is 31.2 Å². The van der Waals surface area contributed by atoms with E-state index in [1.54, 1.807) is 49.5 Å². The van der Waals surface area contributed by atoms with Crippen molar-refractivity contribution in [2.75, 3.05) is 17.2 Å². The fourth-order valence-corrected chi connectivity index (χ4v) is 2.62. The molecule has 0 aliphatic carbocycles. The lowest BCUT2D eigenvalue weighted by atomic mass is 10.2. The summed E-state index contributed by atoms with van der Waals surface area (Å²) in [6.45, 7) is 4.08. The molecule has 0 aliphatic heterocycles. The van der Waals surface area contributed by atoms with Gasteiger partial charge in [0.25, 0.3) is 5.91 Å². The van der Waals surface area contributed by atoms with Gasteiger partial charge in [-0.15, -0.1) is 0 Å². The highest BCUT2D eigenvalue weighted by Gasteiger charge is 2.10. The van der Waals surface area contributed by atoms with Crippen molar-refractivity contribution in [1.29, 1.82) is 0 Å². The molecule has 3 rings (SSSR count). The van der Waals surface area contributed by atoms with Gasteiger partial charge in [-0.1, -0.05) is 12.1 Å². The van der Waals surface area contributed by atoms with Gasteiger partial charge in [-0.25, -0.2) is 9.78 Å². The summed E-state index contributed by atoms with van der Waals surface area (Å²) < 4.78 is 4.95. The third kappa shape index (κ3) is 4.94. The van der Waals surface area contributed by atoms with Crippen molar-refractivity contribution in [2.24, 2.45) is 0 Å². The van der Waals surface area contributed by atoms with Gasteiger partial charge in [0.1, 0.15) is 5.82 Å². The molecule has 0 saturated carbocycles. The first-order chi connectivity index (χ1) is 13.5. The molecule has 1 heterocycles. The lowest BCUT2D eigenvalue weighted by Gasteiger charge is -2.09. The quantitative estimate of drug-likeness (QED) is 0.617. The predicted molar refractivity (Wildman–Crippen MR) is 109 cm³/mol. The summed E-state index contributed by atoms with van der Waals surface area (Å²) in [4.78, 5) is 28.5. The van der Waals surface area contributed by atoms with Crippen LogP contribution in [0.2, 0.25) is 0 Å². The number of nitrogens with zero attached hydrogens (tertiary/aromatic N) is 1. The van der Waals surface area contributed by atoms with Gasteiger partial charge in [0, 0.05) is 23.1 Å². The highest BCUT2D eigenvalue weighted by molar-refractivity contribution is 6.04. The lowest BCUT2D eigenvalue weighted by Crippen LogP contribution is -2.12. The van der Waals surface area contributed by atoms with Gasteiger partial charge in [0.2, 0.25) is 0 Å². The van der Waals surface area contributed by atoms with Crippen molar-refractivity contribution < 1.29 is 14.3 Å². The third-order valence-electron chi connectivity index (χ3n) is 3.97. The van der Waals surface area contributed by atoms with Gasteiger partial charge in [0.15, 0.2) is 0 Å². The zero-order valence-corrected chi connectivity index (χ0v) is 15.7. The molecule has 28 heavy (non-hydrogen) atoms. The van der Waals surface area contributed by atoms with E-state index in [9.17, 15) is 9.59 Å². The van der Waals surface area contributed by atoms with Crippen LogP contribution in [0.4, 0.5) is 17.2 Å². The van der Waals surface area contributed by atoms with Crippen LogP contribution < -0.4 is 10.6 Å². The first-order valence-corrected chi connectivity index (χ1v) is 8.93. The molecule has 0 fully saturated rings. The Balaban J connectivity index is 1.68. The smallest absolute Gasteiger partial charge is 0.338 e. The Morgan fingerprint density at radius 3 is 2.46 bits per heavy atom. The van der Waals surface area contributed by atoms with E-state index in [1.165, 1.54) is 0 Å². The first kappa shape index (κ1) is 19.1. The minimum atomic E-state index is -0.388. The van der Waals surface area contributed by atoms with Crippen molar-refractivity contribution in [3.05, 3.63) is 83.6 Å². The summed E-state index contributed by atoms with van der Waals surface area (Å²) in [7, 11) is 0. The Hall–Kier alpha value is -3.67. The number of ether oxygens (including phenoxy) is 1. The van der Waals surface area contributed by atoms with Crippen LogP contribution in [0.5, 0.6) is 0 Å². The molecule has 3 aromatic rings. The second-order valence-electron chi connectivity index (χ2n) is 6.18. The normalized spacial score (nSPS) is 10.2. The number of hydrogen-bond acceptors (Lipinski definition) is 5. The Morgan fingerprint density at radius 1 is 0.964 bits per heavy atom. The number of esters is 1. The highest BCUT2D eigenvalue weighted by atomic mass is 16.5. The van der Waals surface area contributed by atoms with E-state index in [0.29, 0.717) is 29.2 Å². The summed E-state index contributed by atoms with van der Waals surface area (Å²) >= 11 is 0. The van der Waals surface area contributed by atoms with Gasteiger partial charge >= 0.3 is 5.97 Å². The number of carbonyl (C=O) groups is 2. The molecule has 1 amide bonds. The largest absolute Gasteiger partial charge is 0.462 e. The number of aromatic nitrogens is 1. The Morgan fingerprint density at radius 2 is 1.75 bits per heavy atom. The molecule has 0 saturated heterocycles. The molecule has 0 aliphatic rings. The van der Waals surface area contributed by atoms with Gasteiger partial charge in [-0.3, -0.25) is 4.79 Å². The average Bonchev–Trinajstić information content (AvgIpc) is 2.69. The van der Waals surface area contributed by atoms with Crippen LogP contribution in [0, 0.1) is 6.92 Å². The zero-order chi connectivity index (χ0) is 19.9. The molecule has 2 aromatic carbocycles. The van der Waals surface area contributed by atoms with Crippen molar-refractivity contribution in [3.63, 3.8) is 0 Å². The zero-order valence-electron chi connectivity index (χ0n) is 15.7. The molecule has 2 N–H and O–H groups in total. The lowest BCUT2D eigenvalue weighted by molar-refractivity contribution is 0.0526. The molecular formula is C22H21N3O3. The summed E-state index contributed by atoms with van der Waals surface area (Å²) in [5.41, 5.74) is 3.53. The molecule has 0 radical (unpaired) electrons. The van der Waals surface area contributed by atoms with Gasteiger partial charge in [0.05, 0.1) is 12.2 Å². The maximum absolute atomic E-state index is 12.5. The van der Waals surface area contributed by atoms with Crippen LogP contribution >= 0.6 is 0 Å². The summed E-state index contributed by atoms with van der Waals surface area (Å²) in [5.74, 6) is -0.0733. The Bertz CT molecular complexity index is 984. The van der Waals surface area contributed by atoms with E-state index in [4.69, 9.17) is 4.74 Å². The molecule has 1 aromatic heterocycles. The van der Waals surface area contributed by atoms with Crippen molar-refractivity contribution in [1.82, 2.24) is 4.98 Å². The van der Waals surface area contributed by atoms with Crippen molar-refractivity contribution in [3.8, 4) is 0 Å². The third-order valence-corrected chi connectivity index (χ3v) is 3.97. The van der Waals surface area contributed by atoms with Crippen molar-refractivity contribution >= 4 is 29.1 Å². The molecule has 6 heteroatoms. The first-order valence-electron chi connectivity index (χ1n) is 8.93. The molecule has 0 spiro atoms. The van der Waals surface area contributed by atoms with E-state index >= 15 is 0 Å². The monoisotopic (exact) mass is 375 g/mol. The van der Waals surface area contributed by atoms with Crippen LogP contribution in [-0.4, -0.2) is 23.5 Å². The van der Waals surface area contributed by atoms with Crippen molar-refractivity contribution in [2.45, 2.75) is 13.8 Å². The number of amides is 1. The fourth-order valence-electron chi connectivity index (χ4n) is 2.62. The number of benzene rings is 2. The van der Waals surface area contributed by atoms with Gasteiger partial charge in [-0.2, -0.15) is 0 Å². The highest BCUT2D eigenvalue weighted by Crippen LogP contribution is 2.18. The Labute approximate surface area is 163 Å². The Kier molecular flexibility index (Phi) is 6.01. The second kappa shape index (κ2) is 8.81. The number of carbonyl (C=O) groups excluding carboxylic acids is 2. The SMILES string of the molecule is CCOC(=O)c1ccc(NC(=O)c2ccnc(Nc3cccc(C)c3)c2)cc1. The van der Waals surface area contributed by atoms with E-state index in [-0.39, 0.29) is 11.9 Å². The maximum Gasteiger partial charge on any atom is 0.338 e. The maximum atomic E-state index is 12.5. The number of anilines is 3. The standard InChI is InChI=1S/C22H21N3O3/c1-3-28-22(27)16-7-9-18(10-8-16)25-21(26)17-11-12-23-20(14-17)24-19-6-4-5-15(2)13-19/h4-14H,3H2,1-2H3,(H,23,24)(H,25,26). The van der Waals surface area contributed by atoms with Crippen LogP contribution in [0.1, 0.15) is 33.2 Å². The number of aryl methyl sites for hydroxylation is 1.